The lowest BCUT2D eigenvalue weighted by Gasteiger charge is -2.11. The lowest BCUT2D eigenvalue weighted by Crippen LogP contribution is -2.30. The van der Waals surface area contributed by atoms with Gasteiger partial charge in [-0.05, 0) is 68.4 Å². The van der Waals surface area contributed by atoms with E-state index in [9.17, 15) is 9.59 Å². The summed E-state index contributed by atoms with van der Waals surface area (Å²) in [5, 5.41) is 5.79. The van der Waals surface area contributed by atoms with E-state index in [0.717, 1.165) is 4.47 Å². The van der Waals surface area contributed by atoms with E-state index in [0.29, 0.717) is 27.8 Å². The number of furan rings is 1. The molecule has 3 rings (SSSR count). The summed E-state index contributed by atoms with van der Waals surface area (Å²) >= 11 is 9.54. The third kappa shape index (κ3) is 5.87. The van der Waals surface area contributed by atoms with E-state index in [1.807, 2.05) is 38.1 Å². The summed E-state index contributed by atoms with van der Waals surface area (Å²) in [4.78, 5) is 24.7. The Labute approximate surface area is 187 Å². The summed E-state index contributed by atoms with van der Waals surface area (Å²) in [5.41, 5.74) is 0.716. The van der Waals surface area contributed by atoms with Crippen LogP contribution in [0.15, 0.2) is 63.5 Å². The van der Waals surface area contributed by atoms with Crippen molar-refractivity contribution in [3.63, 3.8) is 0 Å². The Kier molecular flexibility index (Phi) is 7.18. The molecule has 0 atom stereocenters. The molecule has 3 aromatic rings. The molecule has 0 aliphatic heterocycles. The number of benzene rings is 2. The SMILES string of the molecule is CC(C)NC(=O)c1ccc(Cl)c(NC(=O)c2ccc(COc3ccc(Br)cc3)o2)c1. The summed E-state index contributed by atoms with van der Waals surface area (Å²) in [6.45, 7) is 3.91. The van der Waals surface area contributed by atoms with Gasteiger partial charge in [0, 0.05) is 16.1 Å². The van der Waals surface area contributed by atoms with Crippen LogP contribution in [0.2, 0.25) is 5.02 Å². The van der Waals surface area contributed by atoms with Gasteiger partial charge in [0.2, 0.25) is 0 Å². The van der Waals surface area contributed by atoms with Crippen molar-refractivity contribution >= 4 is 45.0 Å². The highest BCUT2D eigenvalue weighted by Crippen LogP contribution is 2.24. The van der Waals surface area contributed by atoms with Crippen molar-refractivity contribution < 1.29 is 18.7 Å². The van der Waals surface area contributed by atoms with E-state index in [4.69, 9.17) is 20.8 Å². The van der Waals surface area contributed by atoms with Crippen molar-refractivity contribution in [1.82, 2.24) is 5.32 Å². The quantitative estimate of drug-likeness (QED) is 0.446. The first-order valence-electron chi connectivity index (χ1n) is 9.20. The first-order chi connectivity index (χ1) is 14.3. The molecule has 2 aromatic carbocycles. The van der Waals surface area contributed by atoms with Gasteiger partial charge >= 0.3 is 0 Å². The number of carbonyl (C=O) groups excluding carboxylic acids is 2. The number of ether oxygens (including phenoxy) is 1. The van der Waals surface area contributed by atoms with Gasteiger partial charge in [-0.25, -0.2) is 0 Å². The van der Waals surface area contributed by atoms with Gasteiger partial charge in [0.25, 0.3) is 11.8 Å². The normalized spacial score (nSPS) is 10.7. The van der Waals surface area contributed by atoms with E-state index >= 15 is 0 Å². The second kappa shape index (κ2) is 9.82. The molecule has 0 aliphatic carbocycles. The van der Waals surface area contributed by atoms with E-state index < -0.39 is 5.91 Å². The average Bonchev–Trinajstić information content (AvgIpc) is 3.18. The van der Waals surface area contributed by atoms with Gasteiger partial charge in [-0.15, -0.1) is 0 Å². The van der Waals surface area contributed by atoms with Crippen LogP contribution in [0, 0.1) is 0 Å². The van der Waals surface area contributed by atoms with Crippen molar-refractivity contribution in [3.05, 3.63) is 81.2 Å². The molecule has 0 aliphatic rings. The molecule has 8 heteroatoms. The highest BCUT2D eigenvalue weighted by atomic mass is 79.9. The van der Waals surface area contributed by atoms with Crippen molar-refractivity contribution in [2.45, 2.75) is 26.5 Å². The van der Waals surface area contributed by atoms with E-state index in [1.54, 1.807) is 24.3 Å². The molecular weight excluding hydrogens is 472 g/mol. The molecule has 0 spiro atoms. The standard InChI is InChI=1S/C22H20BrClN2O4/c1-13(2)25-21(27)14-3-9-18(24)19(11-14)26-22(28)20-10-8-17(30-20)12-29-16-6-4-15(23)5-7-16/h3-11,13H,12H2,1-2H3,(H,25,27)(H,26,28). The van der Waals surface area contributed by atoms with Crippen LogP contribution >= 0.6 is 27.5 Å². The summed E-state index contributed by atoms with van der Waals surface area (Å²) in [6.07, 6.45) is 0. The summed E-state index contributed by atoms with van der Waals surface area (Å²) in [5.74, 6) is 0.566. The smallest absolute Gasteiger partial charge is 0.291 e. The maximum absolute atomic E-state index is 12.5. The fourth-order valence-corrected chi connectivity index (χ4v) is 2.98. The first kappa shape index (κ1) is 21.9. The highest BCUT2D eigenvalue weighted by Gasteiger charge is 2.15. The van der Waals surface area contributed by atoms with Crippen LogP contribution in [0.3, 0.4) is 0 Å². The summed E-state index contributed by atoms with van der Waals surface area (Å²) in [7, 11) is 0. The monoisotopic (exact) mass is 490 g/mol. The van der Waals surface area contributed by atoms with Gasteiger partial charge in [-0.2, -0.15) is 0 Å². The predicted octanol–water partition coefficient (Wildman–Crippen LogP) is 5.67. The van der Waals surface area contributed by atoms with Crippen LogP contribution in [-0.2, 0) is 6.61 Å². The topological polar surface area (TPSA) is 80.6 Å². The maximum atomic E-state index is 12.5. The zero-order chi connectivity index (χ0) is 21.7. The molecule has 0 saturated carbocycles. The van der Waals surface area contributed by atoms with Gasteiger partial charge in [0.15, 0.2) is 5.76 Å². The molecule has 30 heavy (non-hydrogen) atoms. The van der Waals surface area contributed by atoms with Crippen LogP contribution in [0.1, 0.15) is 40.5 Å². The number of amides is 2. The predicted molar refractivity (Wildman–Crippen MR) is 119 cm³/mol. The third-order valence-electron chi connectivity index (χ3n) is 3.98. The van der Waals surface area contributed by atoms with Gasteiger partial charge in [-0.1, -0.05) is 27.5 Å². The third-order valence-corrected chi connectivity index (χ3v) is 4.83. The Balaban J connectivity index is 1.65. The van der Waals surface area contributed by atoms with Gasteiger partial charge in [-0.3, -0.25) is 9.59 Å². The fraction of sp³-hybridized carbons (Fsp3) is 0.182. The van der Waals surface area contributed by atoms with Gasteiger partial charge in [0.05, 0.1) is 10.7 Å². The summed E-state index contributed by atoms with van der Waals surface area (Å²) in [6, 6.07) is 15.3. The number of anilines is 1. The molecule has 0 unspecified atom stereocenters. The Morgan fingerprint density at radius 1 is 1.07 bits per heavy atom. The lowest BCUT2D eigenvalue weighted by molar-refractivity contribution is 0.0941. The molecule has 0 bridgehead atoms. The van der Waals surface area contributed by atoms with Crippen LogP contribution in [-0.4, -0.2) is 17.9 Å². The fourth-order valence-electron chi connectivity index (χ4n) is 2.55. The number of halogens is 2. The molecule has 0 fully saturated rings. The second-order valence-electron chi connectivity index (χ2n) is 6.79. The van der Waals surface area contributed by atoms with Gasteiger partial charge in [0.1, 0.15) is 18.1 Å². The number of hydrogen-bond acceptors (Lipinski definition) is 4. The number of hydrogen-bond donors (Lipinski definition) is 2. The Bertz CT molecular complexity index is 1050. The zero-order valence-electron chi connectivity index (χ0n) is 16.4. The summed E-state index contributed by atoms with van der Waals surface area (Å²) < 4.78 is 12.2. The molecule has 1 aromatic heterocycles. The molecule has 0 saturated heterocycles. The molecule has 6 nitrogen and oxygen atoms in total. The maximum Gasteiger partial charge on any atom is 0.291 e. The molecular formula is C22H20BrClN2O4. The first-order valence-corrected chi connectivity index (χ1v) is 10.4. The average molecular weight is 492 g/mol. The van der Waals surface area contributed by atoms with Crippen molar-refractivity contribution in [2.75, 3.05) is 5.32 Å². The molecule has 2 amide bonds. The van der Waals surface area contributed by atoms with Crippen LogP contribution in [0.25, 0.3) is 0 Å². The molecule has 156 valence electrons. The minimum Gasteiger partial charge on any atom is -0.486 e. The van der Waals surface area contributed by atoms with Crippen molar-refractivity contribution in [3.8, 4) is 5.75 Å². The molecule has 1 heterocycles. The highest BCUT2D eigenvalue weighted by molar-refractivity contribution is 9.10. The second-order valence-corrected chi connectivity index (χ2v) is 8.11. The Morgan fingerprint density at radius 3 is 2.50 bits per heavy atom. The van der Waals surface area contributed by atoms with E-state index in [-0.39, 0.29) is 24.3 Å². The minimum atomic E-state index is -0.479. The zero-order valence-corrected chi connectivity index (χ0v) is 18.7. The molecule has 2 N–H and O–H groups in total. The molecule has 0 radical (unpaired) electrons. The van der Waals surface area contributed by atoms with E-state index in [2.05, 4.69) is 26.6 Å². The number of nitrogens with one attached hydrogen (secondary N) is 2. The van der Waals surface area contributed by atoms with Crippen molar-refractivity contribution in [1.29, 1.82) is 0 Å². The minimum absolute atomic E-state index is 0.00705. The van der Waals surface area contributed by atoms with E-state index in [1.165, 1.54) is 6.07 Å². The van der Waals surface area contributed by atoms with Gasteiger partial charge < -0.3 is 19.8 Å². The Morgan fingerprint density at radius 2 is 1.80 bits per heavy atom. The lowest BCUT2D eigenvalue weighted by atomic mass is 10.1. The Hall–Kier alpha value is -2.77. The number of rotatable bonds is 7. The number of carbonyl (C=O) groups is 2. The van der Waals surface area contributed by atoms with Crippen LogP contribution < -0.4 is 15.4 Å². The van der Waals surface area contributed by atoms with Crippen molar-refractivity contribution in [2.24, 2.45) is 0 Å². The largest absolute Gasteiger partial charge is 0.486 e. The van der Waals surface area contributed by atoms with Crippen LogP contribution in [0.5, 0.6) is 5.75 Å². The van der Waals surface area contributed by atoms with Crippen LogP contribution in [0.4, 0.5) is 5.69 Å².